The van der Waals surface area contributed by atoms with Gasteiger partial charge in [-0.25, -0.2) is 18.0 Å². The zero-order valence-electron chi connectivity index (χ0n) is 13.1. The summed E-state index contributed by atoms with van der Waals surface area (Å²) in [4.78, 5) is 23.8. The largest absolute Gasteiger partial charge is 0.459 e. The molecular weight excluding hydrogens is 356 g/mol. The Morgan fingerprint density at radius 1 is 1.33 bits per heavy atom. The maximum absolute atomic E-state index is 12.0. The molecule has 1 aromatic rings. The van der Waals surface area contributed by atoms with Crippen molar-refractivity contribution in [2.45, 2.75) is 26.0 Å². The van der Waals surface area contributed by atoms with Crippen LogP contribution in [0.25, 0.3) is 0 Å². The highest BCUT2D eigenvalue weighted by Crippen LogP contribution is 2.23. The van der Waals surface area contributed by atoms with Gasteiger partial charge < -0.3 is 15.4 Å². The molecule has 0 bridgehead atoms. The minimum Gasteiger partial charge on any atom is -0.459 e. The van der Waals surface area contributed by atoms with Crippen molar-refractivity contribution in [3.8, 4) is 0 Å². The van der Waals surface area contributed by atoms with Gasteiger partial charge in [0.1, 0.15) is 0 Å². The average molecular weight is 373 g/mol. The fraction of sp³-hybridized carbons (Fsp3) is 0.333. The Kier molecular flexibility index (Phi) is 5.51. The molecule has 0 aliphatic carbocycles. The van der Waals surface area contributed by atoms with Crippen molar-refractivity contribution in [2.24, 2.45) is 0 Å². The van der Waals surface area contributed by atoms with Gasteiger partial charge in [-0.3, -0.25) is 0 Å². The standard InChI is InChI=1S/C15H17ClN2O5S/c1-9(2)23-14(19)10-3-4-12(16)13(7-10)18-15(20)17-11-5-6-24(21,22)8-11/h3-7,9,11H,8H2,1-2H3,(H2,17,18,20)/t11-/m0/s1. The molecule has 1 heterocycles. The lowest BCUT2D eigenvalue weighted by molar-refractivity contribution is 0.0378. The third kappa shape index (κ3) is 4.97. The van der Waals surface area contributed by atoms with Crippen LogP contribution in [0.15, 0.2) is 29.7 Å². The molecule has 0 unspecified atom stereocenters. The maximum Gasteiger partial charge on any atom is 0.338 e. The van der Waals surface area contributed by atoms with Gasteiger partial charge in [0, 0.05) is 5.41 Å². The lowest BCUT2D eigenvalue weighted by atomic mass is 10.2. The summed E-state index contributed by atoms with van der Waals surface area (Å²) in [5, 5.41) is 6.29. The summed E-state index contributed by atoms with van der Waals surface area (Å²) in [5.74, 6) is -0.718. The number of hydrogen-bond donors (Lipinski definition) is 2. The maximum atomic E-state index is 12.0. The van der Waals surface area contributed by atoms with E-state index in [4.69, 9.17) is 16.3 Å². The quantitative estimate of drug-likeness (QED) is 0.790. The first-order valence-electron chi connectivity index (χ1n) is 7.15. The first-order chi connectivity index (χ1) is 11.2. The molecule has 0 fully saturated rings. The Bertz CT molecular complexity index is 789. The zero-order chi connectivity index (χ0) is 17.9. The first kappa shape index (κ1) is 18.3. The smallest absolute Gasteiger partial charge is 0.338 e. The number of ether oxygens (including phenoxy) is 1. The average Bonchev–Trinajstić information content (AvgIpc) is 2.79. The number of urea groups is 1. The van der Waals surface area contributed by atoms with E-state index in [9.17, 15) is 18.0 Å². The van der Waals surface area contributed by atoms with E-state index in [0.717, 1.165) is 5.41 Å². The molecule has 0 spiro atoms. The van der Waals surface area contributed by atoms with E-state index in [-0.39, 0.29) is 28.1 Å². The highest BCUT2D eigenvalue weighted by molar-refractivity contribution is 7.94. The van der Waals surface area contributed by atoms with Crippen LogP contribution >= 0.6 is 11.6 Å². The zero-order valence-corrected chi connectivity index (χ0v) is 14.6. The third-order valence-corrected chi connectivity index (χ3v) is 4.76. The molecule has 0 saturated heterocycles. The van der Waals surface area contributed by atoms with Gasteiger partial charge >= 0.3 is 12.0 Å². The van der Waals surface area contributed by atoms with Gasteiger partial charge in [-0.15, -0.1) is 0 Å². The van der Waals surface area contributed by atoms with Crippen LogP contribution in [0.4, 0.5) is 10.5 Å². The number of halogens is 1. The van der Waals surface area contributed by atoms with Gasteiger partial charge in [-0.1, -0.05) is 11.6 Å². The SMILES string of the molecule is CC(C)OC(=O)c1ccc(Cl)c(NC(=O)N[C@H]2C=CS(=O)(=O)C2)c1. The van der Waals surface area contributed by atoms with E-state index in [1.54, 1.807) is 13.8 Å². The highest BCUT2D eigenvalue weighted by atomic mass is 35.5. The van der Waals surface area contributed by atoms with Crippen LogP contribution in [0.1, 0.15) is 24.2 Å². The molecule has 2 amide bonds. The van der Waals surface area contributed by atoms with Crippen LogP contribution < -0.4 is 10.6 Å². The van der Waals surface area contributed by atoms with E-state index in [1.807, 2.05) is 0 Å². The van der Waals surface area contributed by atoms with Gasteiger partial charge in [0.15, 0.2) is 9.84 Å². The van der Waals surface area contributed by atoms with Crippen molar-refractivity contribution < 1.29 is 22.7 Å². The number of carbonyl (C=O) groups is 2. The highest BCUT2D eigenvalue weighted by Gasteiger charge is 2.23. The van der Waals surface area contributed by atoms with Gasteiger partial charge in [0.05, 0.1) is 34.2 Å². The third-order valence-electron chi connectivity index (χ3n) is 3.04. The van der Waals surface area contributed by atoms with Gasteiger partial charge in [-0.05, 0) is 38.1 Å². The Morgan fingerprint density at radius 2 is 2.04 bits per heavy atom. The van der Waals surface area contributed by atoms with Gasteiger partial charge in [0.2, 0.25) is 0 Å². The normalized spacial score (nSPS) is 18.4. The molecule has 1 aliphatic heterocycles. The topological polar surface area (TPSA) is 102 Å². The summed E-state index contributed by atoms with van der Waals surface area (Å²) in [7, 11) is -3.26. The molecule has 0 radical (unpaired) electrons. The van der Waals surface area contributed by atoms with Crippen LogP contribution in [0.2, 0.25) is 5.02 Å². The summed E-state index contributed by atoms with van der Waals surface area (Å²) in [6.45, 7) is 3.45. The molecule has 1 aliphatic rings. The number of sulfone groups is 1. The second-order valence-corrected chi connectivity index (χ2v) is 7.85. The number of esters is 1. The molecule has 2 rings (SSSR count). The number of benzene rings is 1. The minimum atomic E-state index is -3.26. The Labute approximate surface area is 144 Å². The second kappa shape index (κ2) is 7.23. The van der Waals surface area contributed by atoms with E-state index in [2.05, 4.69) is 10.6 Å². The fourth-order valence-electron chi connectivity index (χ4n) is 2.02. The minimum absolute atomic E-state index is 0.186. The monoisotopic (exact) mass is 372 g/mol. The fourth-order valence-corrected chi connectivity index (χ4v) is 3.42. The predicted octanol–water partition coefficient (Wildman–Crippen LogP) is 2.34. The molecule has 24 heavy (non-hydrogen) atoms. The van der Waals surface area contributed by atoms with E-state index in [1.165, 1.54) is 24.3 Å². The van der Waals surface area contributed by atoms with Crippen LogP contribution in [0, 0.1) is 0 Å². The van der Waals surface area contributed by atoms with Crippen LogP contribution in [-0.4, -0.2) is 38.3 Å². The van der Waals surface area contributed by atoms with Crippen molar-refractivity contribution in [1.29, 1.82) is 0 Å². The predicted molar refractivity (Wildman–Crippen MR) is 90.9 cm³/mol. The van der Waals surface area contributed by atoms with Crippen molar-refractivity contribution in [2.75, 3.05) is 11.1 Å². The summed E-state index contributed by atoms with van der Waals surface area (Å²) >= 11 is 6.01. The molecule has 9 heteroatoms. The summed E-state index contributed by atoms with van der Waals surface area (Å²) < 4.78 is 27.7. The van der Waals surface area contributed by atoms with Crippen molar-refractivity contribution >= 4 is 39.1 Å². The summed E-state index contributed by atoms with van der Waals surface area (Å²) in [6.07, 6.45) is 1.12. The molecule has 0 aromatic heterocycles. The van der Waals surface area contributed by atoms with Crippen molar-refractivity contribution in [1.82, 2.24) is 5.32 Å². The number of hydrogen-bond acceptors (Lipinski definition) is 5. The van der Waals surface area contributed by atoms with E-state index < -0.39 is 27.9 Å². The Hall–Kier alpha value is -2.06. The molecule has 1 aromatic carbocycles. The Morgan fingerprint density at radius 3 is 2.62 bits per heavy atom. The van der Waals surface area contributed by atoms with Gasteiger partial charge in [-0.2, -0.15) is 0 Å². The molecule has 2 N–H and O–H groups in total. The van der Waals surface area contributed by atoms with E-state index in [0.29, 0.717) is 0 Å². The van der Waals surface area contributed by atoms with Crippen molar-refractivity contribution in [3.05, 3.63) is 40.3 Å². The van der Waals surface area contributed by atoms with Crippen LogP contribution in [0.3, 0.4) is 0 Å². The Balaban J connectivity index is 2.05. The summed E-state index contributed by atoms with van der Waals surface area (Å²) in [5.41, 5.74) is 0.462. The molecular formula is C15H17ClN2O5S. The molecule has 0 saturated carbocycles. The summed E-state index contributed by atoms with van der Waals surface area (Å²) in [6, 6.07) is 3.12. The van der Waals surface area contributed by atoms with Crippen LogP contribution in [0.5, 0.6) is 0 Å². The van der Waals surface area contributed by atoms with Gasteiger partial charge in [0.25, 0.3) is 0 Å². The number of amides is 2. The number of anilines is 1. The van der Waals surface area contributed by atoms with Crippen LogP contribution in [-0.2, 0) is 14.6 Å². The number of rotatable bonds is 4. The lowest BCUT2D eigenvalue weighted by Crippen LogP contribution is -2.38. The van der Waals surface area contributed by atoms with E-state index >= 15 is 0 Å². The first-order valence-corrected chi connectivity index (χ1v) is 9.24. The molecule has 7 nitrogen and oxygen atoms in total. The molecule has 130 valence electrons. The number of carbonyl (C=O) groups excluding carboxylic acids is 2. The lowest BCUT2D eigenvalue weighted by Gasteiger charge is -2.13. The second-order valence-electron chi connectivity index (χ2n) is 5.51. The van der Waals surface area contributed by atoms with Crippen molar-refractivity contribution in [3.63, 3.8) is 0 Å². The number of nitrogens with one attached hydrogen (secondary N) is 2. The molecule has 1 atom stereocenters.